The number of rotatable bonds is 11. The molecule has 1 aliphatic rings. The van der Waals surface area contributed by atoms with Gasteiger partial charge in [0.15, 0.2) is 0 Å². The fourth-order valence-corrected chi connectivity index (χ4v) is 5.83. The number of carbonyl (C=O) groups is 1. The largest absolute Gasteiger partial charge is 0.469 e. The van der Waals surface area contributed by atoms with Gasteiger partial charge in [-0.05, 0) is 61.5 Å². The van der Waals surface area contributed by atoms with Crippen LogP contribution >= 0.6 is 11.3 Å². The summed E-state index contributed by atoms with van der Waals surface area (Å²) in [5.74, 6) is -0.0593. The van der Waals surface area contributed by atoms with Crippen molar-refractivity contribution in [1.29, 1.82) is 0 Å². The van der Waals surface area contributed by atoms with Gasteiger partial charge in [-0.25, -0.2) is 0 Å². The van der Waals surface area contributed by atoms with E-state index in [0.717, 1.165) is 42.4 Å². The van der Waals surface area contributed by atoms with E-state index in [4.69, 9.17) is 0 Å². The molecular weight excluding hydrogens is 400 g/mol. The number of esters is 1. The van der Waals surface area contributed by atoms with Gasteiger partial charge in [-0.1, -0.05) is 37.5 Å². The van der Waals surface area contributed by atoms with Gasteiger partial charge in [0.05, 0.1) is 25.4 Å². The van der Waals surface area contributed by atoms with Gasteiger partial charge in [0.2, 0.25) is 0 Å². The van der Waals surface area contributed by atoms with Crippen LogP contribution in [-0.4, -0.2) is 40.6 Å². The molecule has 1 heterocycles. The maximum Gasteiger partial charge on any atom is 0.305 e. The lowest BCUT2D eigenvalue weighted by atomic mass is 9.84. The summed E-state index contributed by atoms with van der Waals surface area (Å²) >= 11 is 1.62. The Kier molecular flexibility index (Phi) is 8.69. The summed E-state index contributed by atoms with van der Waals surface area (Å²) in [7, 11) is 1.41. The van der Waals surface area contributed by atoms with Crippen molar-refractivity contribution in [3.05, 3.63) is 35.2 Å². The Morgan fingerprint density at radius 3 is 2.53 bits per heavy atom. The minimum absolute atomic E-state index is 0.0269. The van der Waals surface area contributed by atoms with Crippen LogP contribution in [0, 0.1) is 11.8 Å². The molecule has 1 fully saturated rings. The van der Waals surface area contributed by atoms with Gasteiger partial charge < -0.3 is 20.1 Å². The number of carbonyl (C=O) groups excluding carboxylic acids is 1. The highest BCUT2D eigenvalue weighted by Gasteiger charge is 2.40. The molecule has 0 radical (unpaired) electrons. The lowest BCUT2D eigenvalue weighted by Gasteiger charge is -2.24. The molecule has 0 saturated heterocycles. The van der Waals surface area contributed by atoms with E-state index < -0.39 is 18.3 Å². The number of fused-ring (bicyclic) bond motifs is 1. The maximum absolute atomic E-state index is 11.2. The molecule has 0 spiro atoms. The van der Waals surface area contributed by atoms with E-state index in [9.17, 15) is 20.1 Å². The average Bonchev–Trinajstić information content (AvgIpc) is 3.29. The van der Waals surface area contributed by atoms with Gasteiger partial charge in [0.25, 0.3) is 0 Å². The average molecular weight is 435 g/mol. The molecular formula is C24H34O5S. The number of unbranched alkanes of at least 4 members (excludes halogenated alkanes) is 3. The van der Waals surface area contributed by atoms with E-state index in [0.29, 0.717) is 25.7 Å². The van der Waals surface area contributed by atoms with E-state index in [1.54, 1.807) is 11.3 Å². The zero-order chi connectivity index (χ0) is 21.5. The molecule has 30 heavy (non-hydrogen) atoms. The molecule has 6 heteroatoms. The highest BCUT2D eigenvalue weighted by Crippen LogP contribution is 2.41. The molecule has 0 amide bonds. The first kappa shape index (κ1) is 23.2. The molecule has 3 rings (SSSR count). The predicted molar refractivity (Wildman–Crippen MR) is 119 cm³/mol. The van der Waals surface area contributed by atoms with Crippen LogP contribution in [-0.2, 0) is 9.53 Å². The van der Waals surface area contributed by atoms with Crippen molar-refractivity contribution < 1.29 is 24.9 Å². The summed E-state index contributed by atoms with van der Waals surface area (Å²) in [5.41, 5.74) is 0. The lowest BCUT2D eigenvalue weighted by molar-refractivity contribution is -0.140. The first-order valence-corrected chi connectivity index (χ1v) is 11.9. The third-order valence-corrected chi connectivity index (χ3v) is 7.68. The molecule has 5 atom stereocenters. The number of thiophene rings is 1. The fourth-order valence-electron chi connectivity index (χ4n) is 4.74. The molecule has 5 nitrogen and oxygen atoms in total. The smallest absolute Gasteiger partial charge is 0.305 e. The van der Waals surface area contributed by atoms with Crippen molar-refractivity contribution in [3.63, 3.8) is 0 Å². The first-order valence-electron chi connectivity index (χ1n) is 11.1. The van der Waals surface area contributed by atoms with Crippen LogP contribution in [0.1, 0.15) is 68.8 Å². The number of benzene rings is 1. The molecule has 1 aromatic heterocycles. The van der Waals surface area contributed by atoms with Crippen LogP contribution in [0.4, 0.5) is 0 Å². The number of ether oxygens (including phenoxy) is 1. The number of aliphatic hydroxyl groups is 3. The van der Waals surface area contributed by atoms with Crippen molar-refractivity contribution in [2.75, 3.05) is 7.11 Å². The summed E-state index contributed by atoms with van der Waals surface area (Å²) in [6, 6.07) is 10.2. The van der Waals surface area contributed by atoms with Gasteiger partial charge in [-0.3, -0.25) is 4.79 Å². The third-order valence-electron chi connectivity index (χ3n) is 6.46. The van der Waals surface area contributed by atoms with Crippen LogP contribution in [0.5, 0.6) is 0 Å². The number of hydrogen-bond donors (Lipinski definition) is 3. The van der Waals surface area contributed by atoms with Crippen LogP contribution in [0.3, 0.4) is 0 Å². The molecule has 1 saturated carbocycles. The summed E-state index contributed by atoms with van der Waals surface area (Å²) < 4.78 is 5.83. The van der Waals surface area contributed by atoms with E-state index in [1.807, 2.05) is 12.1 Å². The summed E-state index contributed by atoms with van der Waals surface area (Å²) in [4.78, 5) is 12.1. The quantitative estimate of drug-likeness (QED) is 0.356. The Morgan fingerprint density at radius 1 is 1.10 bits per heavy atom. The summed E-state index contributed by atoms with van der Waals surface area (Å²) in [6.45, 7) is 0. The third kappa shape index (κ3) is 6.03. The molecule has 2 aromatic rings. The number of aliphatic hydroxyl groups excluding tert-OH is 3. The van der Waals surface area contributed by atoms with Crippen LogP contribution in [0.15, 0.2) is 30.3 Å². The highest BCUT2D eigenvalue weighted by atomic mass is 32.1. The van der Waals surface area contributed by atoms with E-state index >= 15 is 0 Å². The van der Waals surface area contributed by atoms with Crippen molar-refractivity contribution in [2.24, 2.45) is 11.8 Å². The molecule has 1 aliphatic carbocycles. The second-order valence-electron chi connectivity index (χ2n) is 8.51. The topological polar surface area (TPSA) is 87.0 Å². The zero-order valence-electron chi connectivity index (χ0n) is 17.7. The van der Waals surface area contributed by atoms with Crippen LogP contribution < -0.4 is 0 Å². The molecule has 1 aromatic carbocycles. The molecule has 166 valence electrons. The van der Waals surface area contributed by atoms with Gasteiger partial charge in [-0.15, -0.1) is 11.3 Å². The van der Waals surface area contributed by atoms with Gasteiger partial charge in [0.1, 0.15) is 0 Å². The van der Waals surface area contributed by atoms with E-state index in [1.165, 1.54) is 11.8 Å². The lowest BCUT2D eigenvalue weighted by Crippen LogP contribution is -2.23. The monoisotopic (exact) mass is 434 g/mol. The predicted octanol–water partition coefficient (Wildman–Crippen LogP) is 4.59. The minimum atomic E-state index is -0.536. The van der Waals surface area contributed by atoms with Crippen LogP contribution in [0.25, 0.3) is 10.1 Å². The van der Waals surface area contributed by atoms with Crippen LogP contribution in [0.2, 0.25) is 0 Å². The Morgan fingerprint density at radius 2 is 1.80 bits per heavy atom. The fraction of sp³-hybridized carbons (Fsp3) is 0.625. The maximum atomic E-state index is 11.2. The van der Waals surface area contributed by atoms with Gasteiger partial charge in [0, 0.05) is 16.0 Å². The van der Waals surface area contributed by atoms with E-state index in [-0.39, 0.29) is 17.8 Å². The molecule has 0 aliphatic heterocycles. The Hall–Kier alpha value is -1.47. The van der Waals surface area contributed by atoms with Gasteiger partial charge >= 0.3 is 5.97 Å². The van der Waals surface area contributed by atoms with Crippen molar-refractivity contribution >= 4 is 27.4 Å². The Bertz CT molecular complexity index is 771. The summed E-state index contributed by atoms with van der Waals surface area (Å²) in [5, 5.41) is 32.7. The van der Waals surface area contributed by atoms with Crippen molar-refractivity contribution in [1.82, 2.24) is 0 Å². The standard InChI is InChI=1S/C24H34O5S/c1-29-24(28)11-5-3-2-4-9-17-18(21(27)15-20(17)26)12-13-19(25)23-14-16-8-6-7-10-22(16)30-23/h6-8,10,14,17-21,25-27H,2-5,9,11-13,15H2,1H3/t17?,18-,19-,20+,21-/m1/s1. The second kappa shape index (κ2) is 11.2. The van der Waals surface area contributed by atoms with Crippen molar-refractivity contribution in [3.8, 4) is 0 Å². The number of methoxy groups -OCH3 is 1. The van der Waals surface area contributed by atoms with Gasteiger partial charge in [-0.2, -0.15) is 0 Å². The molecule has 1 unspecified atom stereocenters. The summed E-state index contributed by atoms with van der Waals surface area (Å²) in [6.07, 6.45) is 5.33. The Balaban J connectivity index is 1.46. The molecule has 3 N–H and O–H groups in total. The van der Waals surface area contributed by atoms with E-state index in [2.05, 4.69) is 22.9 Å². The normalized spacial score (nSPS) is 24.9. The minimum Gasteiger partial charge on any atom is -0.469 e. The zero-order valence-corrected chi connectivity index (χ0v) is 18.5. The first-order chi connectivity index (χ1) is 14.5. The molecule has 0 bridgehead atoms. The highest BCUT2D eigenvalue weighted by molar-refractivity contribution is 7.19. The SMILES string of the molecule is COC(=O)CCCCCCC1[C@@H](CC[C@@H](O)c2cc3ccccc3s2)[C@H](O)C[C@@H]1O. The van der Waals surface area contributed by atoms with Crippen molar-refractivity contribution in [2.45, 2.75) is 76.1 Å². The number of hydrogen-bond acceptors (Lipinski definition) is 6. The second-order valence-corrected chi connectivity index (χ2v) is 9.62. The Labute approximate surface area is 182 Å².